The zero-order valence-corrected chi connectivity index (χ0v) is 14.3. The molecule has 0 saturated heterocycles. The highest BCUT2D eigenvalue weighted by Gasteiger charge is 2.72. The fourth-order valence-electron chi connectivity index (χ4n) is 1.80. The first kappa shape index (κ1) is 23.2. The molecule has 0 aliphatic rings. The van der Waals surface area contributed by atoms with Crippen LogP contribution in [0.2, 0.25) is 5.02 Å². The lowest BCUT2D eigenvalue weighted by Gasteiger charge is -2.39. The minimum absolute atomic E-state index is 0.0178. The molecule has 0 fully saturated rings. The van der Waals surface area contributed by atoms with E-state index in [0.717, 1.165) is 24.5 Å². The van der Waals surface area contributed by atoms with Gasteiger partial charge >= 0.3 is 24.2 Å². The second-order valence-corrected chi connectivity index (χ2v) is 6.11. The smallest absolute Gasteiger partial charge is 0.346 e. The van der Waals surface area contributed by atoms with Crippen LogP contribution >= 0.6 is 11.6 Å². The lowest BCUT2D eigenvalue weighted by Crippen LogP contribution is -2.72. The van der Waals surface area contributed by atoms with E-state index in [0.29, 0.717) is 12.1 Å². The third-order valence-electron chi connectivity index (χ3n) is 3.30. The lowest BCUT2D eigenvalue weighted by molar-refractivity contribution is -0.296. The topological polar surface area (TPSA) is 41.1 Å². The molecule has 0 radical (unpaired) electrons. The maximum absolute atomic E-state index is 13.4. The number of hydrogen-bond acceptors (Lipinski definition) is 2. The van der Waals surface area contributed by atoms with Crippen LogP contribution in [0.3, 0.4) is 0 Å². The summed E-state index contributed by atoms with van der Waals surface area (Å²) in [5.41, 5.74) is -7.91. The van der Waals surface area contributed by atoms with Crippen LogP contribution in [0.15, 0.2) is 18.2 Å². The van der Waals surface area contributed by atoms with Crippen LogP contribution in [0.5, 0.6) is 0 Å². The van der Waals surface area contributed by atoms with Crippen molar-refractivity contribution in [2.45, 2.75) is 38.0 Å². The monoisotopic (exact) mass is 430 g/mol. The molecule has 154 valence electrons. The Bertz CT molecular complexity index is 681. The first-order chi connectivity index (χ1) is 11.9. The van der Waals surface area contributed by atoms with Crippen molar-refractivity contribution in [3.8, 4) is 0 Å². The normalized spacial score (nSPS) is 13.7. The molecule has 0 aromatic heterocycles. The Morgan fingerprint density at radius 1 is 0.963 bits per heavy atom. The first-order valence-corrected chi connectivity index (χ1v) is 7.40. The van der Waals surface area contributed by atoms with Gasteiger partial charge in [0.2, 0.25) is 5.91 Å². The molecule has 1 aromatic carbocycles. The van der Waals surface area contributed by atoms with Crippen LogP contribution < -0.4 is 10.6 Å². The SMILES string of the molecule is CC(C)C(=O)NC(Nc1cc(C(F)(F)F)ccc1Cl)(C(F)(F)F)C(F)(F)F. The molecule has 1 aromatic rings. The molecule has 2 N–H and O–H groups in total. The number of benzene rings is 1. The molecule has 27 heavy (non-hydrogen) atoms. The third-order valence-corrected chi connectivity index (χ3v) is 3.63. The maximum atomic E-state index is 13.4. The van der Waals surface area contributed by atoms with E-state index in [9.17, 15) is 44.3 Å². The highest BCUT2D eigenvalue weighted by molar-refractivity contribution is 6.33. The average molecular weight is 431 g/mol. The molecular weight excluding hydrogens is 419 g/mol. The number of carbonyl (C=O) groups is 1. The molecular formula is C14H12ClF9N2O. The summed E-state index contributed by atoms with van der Waals surface area (Å²) in [5, 5.41) is 0.881. The summed E-state index contributed by atoms with van der Waals surface area (Å²) < 4.78 is 118. The van der Waals surface area contributed by atoms with Gasteiger partial charge in [-0.1, -0.05) is 25.4 Å². The van der Waals surface area contributed by atoms with Gasteiger partial charge in [0.05, 0.1) is 16.3 Å². The largest absolute Gasteiger partial charge is 0.439 e. The van der Waals surface area contributed by atoms with Gasteiger partial charge in [-0.25, -0.2) is 0 Å². The summed E-state index contributed by atoms with van der Waals surface area (Å²) in [6, 6.07) is 0.841. The second-order valence-electron chi connectivity index (χ2n) is 5.71. The van der Waals surface area contributed by atoms with Gasteiger partial charge in [0.1, 0.15) is 0 Å². The Morgan fingerprint density at radius 2 is 1.44 bits per heavy atom. The van der Waals surface area contributed by atoms with Crippen LogP contribution in [-0.2, 0) is 11.0 Å². The van der Waals surface area contributed by atoms with E-state index in [1.807, 2.05) is 0 Å². The Balaban J connectivity index is 3.61. The lowest BCUT2D eigenvalue weighted by atomic mass is 10.1. The van der Waals surface area contributed by atoms with Crippen molar-refractivity contribution in [3.05, 3.63) is 28.8 Å². The third kappa shape index (κ3) is 4.90. The highest BCUT2D eigenvalue weighted by Crippen LogP contribution is 2.45. The standard InChI is InChI=1S/C14H12ClF9N2O/c1-6(2)10(27)26-12(13(19,20)21,14(22,23)24)25-9-5-7(11(16,17)18)3-4-8(9)15/h3-6,25H,1-2H3,(H,26,27). The predicted octanol–water partition coefficient (Wildman–Crippen LogP) is 5.36. The number of hydrogen-bond donors (Lipinski definition) is 2. The van der Waals surface area contributed by atoms with Crippen LogP contribution in [0.25, 0.3) is 0 Å². The summed E-state index contributed by atoms with van der Waals surface area (Å²) in [6.07, 6.45) is -17.4. The van der Waals surface area contributed by atoms with Crippen molar-refractivity contribution in [2.24, 2.45) is 5.92 Å². The number of anilines is 1. The zero-order valence-electron chi connectivity index (χ0n) is 13.5. The minimum Gasteiger partial charge on any atom is -0.346 e. The first-order valence-electron chi connectivity index (χ1n) is 7.03. The predicted molar refractivity (Wildman–Crippen MR) is 77.9 cm³/mol. The molecule has 0 spiro atoms. The van der Waals surface area contributed by atoms with Crippen molar-refractivity contribution in [1.82, 2.24) is 5.32 Å². The molecule has 0 atom stereocenters. The van der Waals surface area contributed by atoms with E-state index in [1.54, 1.807) is 0 Å². The summed E-state index contributed by atoms with van der Waals surface area (Å²) in [4.78, 5) is 11.6. The number of alkyl halides is 9. The van der Waals surface area contributed by atoms with Crippen molar-refractivity contribution < 1.29 is 44.3 Å². The summed E-state index contributed by atoms with van der Waals surface area (Å²) in [6.45, 7) is 2.06. The summed E-state index contributed by atoms with van der Waals surface area (Å²) >= 11 is 5.47. The van der Waals surface area contributed by atoms with Gasteiger partial charge in [0, 0.05) is 5.92 Å². The number of rotatable bonds is 4. The summed E-state index contributed by atoms with van der Waals surface area (Å²) in [7, 11) is 0. The maximum Gasteiger partial charge on any atom is 0.439 e. The summed E-state index contributed by atoms with van der Waals surface area (Å²) in [5.74, 6) is -2.92. The van der Waals surface area contributed by atoms with Crippen molar-refractivity contribution in [3.63, 3.8) is 0 Å². The van der Waals surface area contributed by atoms with Crippen molar-refractivity contribution in [2.75, 3.05) is 5.32 Å². The average Bonchev–Trinajstić information content (AvgIpc) is 2.44. The van der Waals surface area contributed by atoms with Crippen molar-refractivity contribution >= 4 is 23.2 Å². The van der Waals surface area contributed by atoms with E-state index in [1.165, 1.54) is 0 Å². The molecule has 1 rings (SSSR count). The van der Waals surface area contributed by atoms with Gasteiger partial charge in [-0.3, -0.25) is 4.79 Å². The van der Waals surface area contributed by atoms with E-state index >= 15 is 0 Å². The molecule has 0 saturated carbocycles. The molecule has 0 aliphatic carbocycles. The molecule has 0 aliphatic heterocycles. The van der Waals surface area contributed by atoms with E-state index < -0.39 is 52.3 Å². The molecule has 0 unspecified atom stereocenters. The van der Waals surface area contributed by atoms with Gasteiger partial charge in [-0.2, -0.15) is 39.5 Å². The highest BCUT2D eigenvalue weighted by atomic mass is 35.5. The van der Waals surface area contributed by atoms with E-state index in [2.05, 4.69) is 0 Å². The van der Waals surface area contributed by atoms with Crippen LogP contribution in [-0.4, -0.2) is 23.9 Å². The van der Waals surface area contributed by atoms with Gasteiger partial charge in [0.25, 0.3) is 0 Å². The Hall–Kier alpha value is -1.85. The molecule has 3 nitrogen and oxygen atoms in total. The van der Waals surface area contributed by atoms with Crippen LogP contribution in [0, 0.1) is 5.92 Å². The quantitative estimate of drug-likeness (QED) is 0.498. The number of carbonyl (C=O) groups excluding carboxylic acids is 1. The van der Waals surface area contributed by atoms with Gasteiger partial charge in [-0.15, -0.1) is 0 Å². The zero-order chi connectivity index (χ0) is 21.4. The van der Waals surface area contributed by atoms with Gasteiger partial charge in [-0.05, 0) is 18.2 Å². The van der Waals surface area contributed by atoms with Crippen LogP contribution in [0.4, 0.5) is 45.2 Å². The van der Waals surface area contributed by atoms with Gasteiger partial charge < -0.3 is 10.6 Å². The number of amides is 1. The second kappa shape index (κ2) is 7.28. The van der Waals surface area contributed by atoms with Crippen LogP contribution in [0.1, 0.15) is 19.4 Å². The molecule has 0 heterocycles. The van der Waals surface area contributed by atoms with Crippen molar-refractivity contribution in [1.29, 1.82) is 0 Å². The number of halogens is 10. The Labute approximate surface area is 151 Å². The Kier molecular flexibility index (Phi) is 6.26. The molecule has 0 bridgehead atoms. The van der Waals surface area contributed by atoms with Gasteiger partial charge in [0.15, 0.2) is 0 Å². The molecule has 13 heteroatoms. The fourth-order valence-corrected chi connectivity index (χ4v) is 1.97. The van der Waals surface area contributed by atoms with E-state index in [-0.39, 0.29) is 6.07 Å². The minimum atomic E-state index is -6.17. The molecule has 1 amide bonds. The van der Waals surface area contributed by atoms with E-state index in [4.69, 9.17) is 11.6 Å². The fraction of sp³-hybridized carbons (Fsp3) is 0.500. The Morgan fingerprint density at radius 3 is 1.81 bits per heavy atom. The number of nitrogens with one attached hydrogen (secondary N) is 2.